The van der Waals surface area contributed by atoms with Gasteiger partial charge in [0, 0.05) is 31.2 Å². The number of para-hydroxylation sites is 1. The van der Waals surface area contributed by atoms with E-state index in [9.17, 15) is 0 Å². The average Bonchev–Trinajstić information content (AvgIpc) is 3.26. The van der Waals surface area contributed by atoms with Crippen LogP contribution in [-0.2, 0) is 0 Å². The number of rotatable bonds is 2. The maximum Gasteiger partial charge on any atom is 0.137 e. The molecule has 6 rings (SSSR count). The molecule has 2 heterocycles. The van der Waals surface area contributed by atoms with E-state index in [1.54, 1.807) is 0 Å². The summed E-state index contributed by atoms with van der Waals surface area (Å²) in [5.74, 6) is 0. The maximum absolute atomic E-state index is 6.01. The van der Waals surface area contributed by atoms with Gasteiger partial charge in [0.25, 0.3) is 0 Å². The Kier molecular flexibility index (Phi) is 3.07. The molecule has 0 atom stereocenters. The summed E-state index contributed by atoms with van der Waals surface area (Å²) in [6.45, 7) is 0. The molecule has 0 amide bonds. The highest BCUT2D eigenvalue weighted by Crippen LogP contribution is 2.38. The molecule has 0 aliphatic rings. The van der Waals surface area contributed by atoms with E-state index in [2.05, 4.69) is 66.0 Å². The van der Waals surface area contributed by atoms with Gasteiger partial charge in [-0.2, -0.15) is 0 Å². The molecule has 0 saturated carbocycles. The van der Waals surface area contributed by atoms with Crippen molar-refractivity contribution in [2.24, 2.45) is 0 Å². The molecule has 1 N–H and O–H groups in total. The van der Waals surface area contributed by atoms with Gasteiger partial charge in [-0.05, 0) is 42.5 Å². The topological polar surface area (TPSA) is 25.2 Å². The molecule has 2 aromatic heterocycles. The summed E-state index contributed by atoms with van der Waals surface area (Å²) in [5.41, 5.74) is 3.98. The van der Waals surface area contributed by atoms with Crippen LogP contribution < -0.4 is 5.32 Å². The fourth-order valence-electron chi connectivity index (χ4n) is 3.84. The molecule has 128 valence electrons. The maximum atomic E-state index is 6.01. The highest BCUT2D eigenvalue weighted by Gasteiger charge is 2.11. The molecule has 0 aliphatic carbocycles. The number of hydrogen-bond donors (Lipinski definition) is 1. The van der Waals surface area contributed by atoms with E-state index in [4.69, 9.17) is 4.42 Å². The van der Waals surface area contributed by atoms with Gasteiger partial charge in [0.1, 0.15) is 11.2 Å². The molecule has 27 heavy (non-hydrogen) atoms. The molecule has 0 radical (unpaired) electrons. The Hall–Kier alpha value is -3.30. The largest absolute Gasteiger partial charge is 0.456 e. The SMILES string of the molecule is c1ccc2c(c1)oc1cccc(Nc3ccc4sc5ccccc5c4c3)c12. The zero-order valence-electron chi connectivity index (χ0n) is 14.4. The molecule has 0 fully saturated rings. The summed E-state index contributed by atoms with van der Waals surface area (Å²) in [5, 5.41) is 8.49. The van der Waals surface area contributed by atoms with Crippen molar-refractivity contribution < 1.29 is 4.42 Å². The highest BCUT2D eigenvalue weighted by atomic mass is 32.1. The number of furan rings is 1. The summed E-state index contributed by atoms with van der Waals surface area (Å²) in [6.07, 6.45) is 0. The third kappa shape index (κ3) is 2.25. The highest BCUT2D eigenvalue weighted by molar-refractivity contribution is 7.25. The zero-order chi connectivity index (χ0) is 17.8. The summed E-state index contributed by atoms with van der Waals surface area (Å²) < 4.78 is 8.65. The Labute approximate surface area is 159 Å². The van der Waals surface area contributed by atoms with Gasteiger partial charge in [-0.25, -0.2) is 0 Å². The molecule has 0 bridgehead atoms. The molecule has 6 aromatic rings. The van der Waals surface area contributed by atoms with Crippen molar-refractivity contribution in [1.82, 2.24) is 0 Å². The van der Waals surface area contributed by atoms with Gasteiger partial charge >= 0.3 is 0 Å². The van der Waals surface area contributed by atoms with E-state index in [0.717, 1.165) is 33.3 Å². The van der Waals surface area contributed by atoms with Gasteiger partial charge < -0.3 is 9.73 Å². The first-order valence-electron chi connectivity index (χ1n) is 8.95. The van der Waals surface area contributed by atoms with Gasteiger partial charge in [-0.3, -0.25) is 0 Å². The van der Waals surface area contributed by atoms with Crippen LogP contribution in [0.25, 0.3) is 42.1 Å². The Balaban J connectivity index is 1.54. The second-order valence-corrected chi connectivity index (χ2v) is 7.79. The fourth-order valence-corrected chi connectivity index (χ4v) is 4.92. The molecule has 0 saturated heterocycles. The van der Waals surface area contributed by atoms with Gasteiger partial charge in [0.05, 0.1) is 11.1 Å². The first-order chi connectivity index (χ1) is 13.4. The number of benzene rings is 4. The van der Waals surface area contributed by atoms with Crippen LogP contribution in [-0.4, -0.2) is 0 Å². The van der Waals surface area contributed by atoms with E-state index in [1.165, 1.54) is 20.2 Å². The Bertz CT molecular complexity index is 1460. The van der Waals surface area contributed by atoms with Crippen LogP contribution in [0, 0.1) is 0 Å². The van der Waals surface area contributed by atoms with Crippen molar-refractivity contribution in [3.05, 3.63) is 84.9 Å². The molecule has 4 aromatic carbocycles. The molecule has 2 nitrogen and oxygen atoms in total. The number of nitrogens with one attached hydrogen (secondary N) is 1. The number of hydrogen-bond acceptors (Lipinski definition) is 3. The average molecular weight is 365 g/mol. The molecular weight excluding hydrogens is 350 g/mol. The third-order valence-corrected chi connectivity index (χ3v) is 6.21. The minimum Gasteiger partial charge on any atom is -0.456 e. The van der Waals surface area contributed by atoms with Gasteiger partial charge in [0.2, 0.25) is 0 Å². The predicted octanol–water partition coefficient (Wildman–Crippen LogP) is 7.70. The third-order valence-electron chi connectivity index (χ3n) is 5.06. The molecule has 0 aliphatic heterocycles. The van der Waals surface area contributed by atoms with Crippen molar-refractivity contribution in [3.8, 4) is 0 Å². The predicted molar refractivity (Wildman–Crippen MR) is 116 cm³/mol. The summed E-state index contributed by atoms with van der Waals surface area (Å²) in [4.78, 5) is 0. The van der Waals surface area contributed by atoms with Crippen LogP contribution in [0.1, 0.15) is 0 Å². The smallest absolute Gasteiger partial charge is 0.137 e. The Morgan fingerprint density at radius 3 is 2.37 bits per heavy atom. The second kappa shape index (κ2) is 5.60. The van der Waals surface area contributed by atoms with Crippen molar-refractivity contribution in [3.63, 3.8) is 0 Å². The second-order valence-electron chi connectivity index (χ2n) is 6.71. The lowest BCUT2D eigenvalue weighted by Gasteiger charge is -2.08. The van der Waals surface area contributed by atoms with E-state index in [1.807, 2.05) is 35.6 Å². The van der Waals surface area contributed by atoms with Gasteiger partial charge in [-0.1, -0.05) is 42.5 Å². The Morgan fingerprint density at radius 2 is 1.41 bits per heavy atom. The van der Waals surface area contributed by atoms with Crippen LogP contribution in [0.5, 0.6) is 0 Å². The molecule has 0 unspecified atom stereocenters. The molecular formula is C24H15NOS. The first-order valence-corrected chi connectivity index (χ1v) is 9.77. The van der Waals surface area contributed by atoms with Crippen molar-refractivity contribution in [2.45, 2.75) is 0 Å². The van der Waals surface area contributed by atoms with E-state index < -0.39 is 0 Å². The van der Waals surface area contributed by atoms with Crippen molar-refractivity contribution >= 4 is 64.8 Å². The van der Waals surface area contributed by atoms with Crippen molar-refractivity contribution in [2.75, 3.05) is 5.32 Å². The Morgan fingerprint density at radius 1 is 0.630 bits per heavy atom. The summed E-state index contributed by atoms with van der Waals surface area (Å²) >= 11 is 1.84. The van der Waals surface area contributed by atoms with E-state index in [-0.39, 0.29) is 0 Å². The van der Waals surface area contributed by atoms with Crippen molar-refractivity contribution in [1.29, 1.82) is 0 Å². The zero-order valence-corrected chi connectivity index (χ0v) is 15.2. The standard InChI is InChI=1S/C24H15NOS/c1-3-9-20-17(7-1)24-19(8-5-10-21(24)26-20)25-15-12-13-23-18(14-15)16-6-2-4-11-22(16)27-23/h1-14,25H. The normalized spacial score (nSPS) is 11.7. The van der Waals surface area contributed by atoms with Crippen LogP contribution >= 0.6 is 11.3 Å². The first kappa shape index (κ1) is 14.8. The van der Waals surface area contributed by atoms with Gasteiger partial charge in [-0.15, -0.1) is 11.3 Å². The molecule has 3 heteroatoms. The lowest BCUT2D eigenvalue weighted by molar-refractivity contribution is 0.669. The minimum atomic E-state index is 0.906. The summed E-state index contributed by atoms with van der Waals surface area (Å²) in [6, 6.07) is 29.5. The lowest BCUT2D eigenvalue weighted by Crippen LogP contribution is -1.90. The number of anilines is 2. The van der Waals surface area contributed by atoms with Crippen LogP contribution in [0.4, 0.5) is 11.4 Å². The van der Waals surface area contributed by atoms with E-state index >= 15 is 0 Å². The van der Waals surface area contributed by atoms with Gasteiger partial charge in [0.15, 0.2) is 0 Å². The van der Waals surface area contributed by atoms with Crippen LogP contribution in [0.3, 0.4) is 0 Å². The van der Waals surface area contributed by atoms with E-state index in [0.29, 0.717) is 0 Å². The lowest BCUT2D eigenvalue weighted by atomic mass is 10.1. The van der Waals surface area contributed by atoms with Crippen LogP contribution in [0.15, 0.2) is 89.3 Å². The van der Waals surface area contributed by atoms with Crippen LogP contribution in [0.2, 0.25) is 0 Å². The number of fused-ring (bicyclic) bond motifs is 6. The summed E-state index contributed by atoms with van der Waals surface area (Å²) in [7, 11) is 0. The fraction of sp³-hybridized carbons (Fsp3) is 0. The monoisotopic (exact) mass is 365 g/mol. The number of thiophene rings is 1. The molecule has 0 spiro atoms. The minimum absolute atomic E-state index is 0.906. The quantitative estimate of drug-likeness (QED) is 0.340.